The summed E-state index contributed by atoms with van der Waals surface area (Å²) >= 11 is 0. The molecule has 6 heteroatoms. The third kappa shape index (κ3) is 4.15. The van der Waals surface area contributed by atoms with E-state index in [4.69, 9.17) is 5.73 Å². The summed E-state index contributed by atoms with van der Waals surface area (Å²) in [7, 11) is 1.78. The topological polar surface area (TPSA) is 80.4 Å². The Kier molecular flexibility index (Phi) is 5.52. The van der Waals surface area contributed by atoms with Crippen molar-refractivity contribution in [2.24, 2.45) is 12.8 Å². The zero-order valence-electron chi connectivity index (χ0n) is 12.5. The Morgan fingerprint density at radius 1 is 1.43 bits per heavy atom. The van der Waals surface area contributed by atoms with E-state index < -0.39 is 0 Å². The predicted octanol–water partition coefficient (Wildman–Crippen LogP) is 0.485. The number of likely N-dealkylation sites (tertiary alicyclic amines) is 1. The Hall–Kier alpha value is -1.66. The molecule has 3 N–H and O–H groups in total. The molecule has 0 aromatic carbocycles. The van der Waals surface area contributed by atoms with E-state index in [-0.39, 0.29) is 18.4 Å². The molecule has 116 valence electrons. The molecular weight excluding hydrogens is 268 g/mol. The minimum absolute atomic E-state index is 0.245. The van der Waals surface area contributed by atoms with E-state index in [0.29, 0.717) is 18.3 Å². The number of aryl methyl sites for hydroxylation is 1. The number of nitrogens with one attached hydrogen (secondary N) is 1. The van der Waals surface area contributed by atoms with Crippen LogP contribution in [0.2, 0.25) is 0 Å². The lowest BCUT2D eigenvalue weighted by Gasteiger charge is -2.34. The Morgan fingerprint density at radius 2 is 2.24 bits per heavy atom. The zero-order chi connectivity index (χ0) is 15.2. The lowest BCUT2D eigenvalue weighted by molar-refractivity contribution is -0.122. The minimum Gasteiger partial charge on any atom is -0.347 e. The number of amides is 2. The van der Waals surface area contributed by atoms with Crippen molar-refractivity contribution in [3.05, 3.63) is 24.0 Å². The van der Waals surface area contributed by atoms with E-state index in [2.05, 4.69) is 10.2 Å². The Balaban J connectivity index is 1.88. The first kappa shape index (κ1) is 15.7. The fraction of sp³-hybridized carbons (Fsp3) is 0.600. The summed E-state index contributed by atoms with van der Waals surface area (Å²) in [6.45, 7) is 1.79. The number of rotatable bonds is 5. The first-order valence-electron chi connectivity index (χ1n) is 7.51. The number of nitrogens with zero attached hydrogens (tertiary/aromatic N) is 2. The normalized spacial score (nSPS) is 19.4. The lowest BCUT2D eigenvalue weighted by atomic mass is 9.99. The fourth-order valence-electron chi connectivity index (χ4n) is 2.90. The van der Waals surface area contributed by atoms with Crippen LogP contribution >= 0.6 is 0 Å². The third-order valence-electron chi connectivity index (χ3n) is 4.03. The molecule has 0 aliphatic carbocycles. The number of hydrogen-bond donors (Lipinski definition) is 2. The van der Waals surface area contributed by atoms with Crippen LogP contribution < -0.4 is 11.1 Å². The molecule has 1 atom stereocenters. The SMILES string of the molecule is Cn1cccc1C(=O)NC(=O)CN1CCCCC1CCN. The van der Waals surface area contributed by atoms with E-state index in [1.54, 1.807) is 29.9 Å². The molecule has 1 aromatic rings. The first-order valence-corrected chi connectivity index (χ1v) is 7.51. The fourth-order valence-corrected chi connectivity index (χ4v) is 2.90. The molecule has 2 heterocycles. The molecule has 1 aliphatic rings. The van der Waals surface area contributed by atoms with Crippen molar-refractivity contribution < 1.29 is 9.59 Å². The summed E-state index contributed by atoms with van der Waals surface area (Å²) in [4.78, 5) is 26.2. The van der Waals surface area contributed by atoms with Gasteiger partial charge in [-0.05, 0) is 44.5 Å². The minimum atomic E-state index is -0.347. The van der Waals surface area contributed by atoms with Crippen LogP contribution in [0.4, 0.5) is 0 Å². The van der Waals surface area contributed by atoms with Gasteiger partial charge in [0.15, 0.2) is 0 Å². The largest absolute Gasteiger partial charge is 0.347 e. The number of aromatic nitrogens is 1. The molecule has 1 unspecified atom stereocenters. The Morgan fingerprint density at radius 3 is 2.90 bits per heavy atom. The van der Waals surface area contributed by atoms with Gasteiger partial charge < -0.3 is 10.3 Å². The summed E-state index contributed by atoms with van der Waals surface area (Å²) in [6.07, 6.45) is 6.04. The molecule has 21 heavy (non-hydrogen) atoms. The Bertz CT molecular complexity index is 496. The second kappa shape index (κ2) is 7.38. The number of carbonyl (C=O) groups excluding carboxylic acids is 2. The van der Waals surface area contributed by atoms with Gasteiger partial charge >= 0.3 is 0 Å². The maximum atomic E-state index is 12.1. The van der Waals surface area contributed by atoms with Crippen LogP contribution in [0.3, 0.4) is 0 Å². The van der Waals surface area contributed by atoms with Gasteiger partial charge in [0.2, 0.25) is 5.91 Å². The monoisotopic (exact) mass is 292 g/mol. The van der Waals surface area contributed by atoms with Crippen molar-refractivity contribution in [2.45, 2.75) is 31.7 Å². The standard InChI is InChI=1S/C15H24N4O2/c1-18-9-4-6-13(18)15(21)17-14(20)11-19-10-3-2-5-12(19)7-8-16/h4,6,9,12H,2-3,5,7-8,10-11,16H2,1H3,(H,17,20,21). The molecule has 1 fully saturated rings. The van der Waals surface area contributed by atoms with E-state index in [0.717, 1.165) is 25.8 Å². The van der Waals surface area contributed by atoms with E-state index in [9.17, 15) is 9.59 Å². The molecule has 2 rings (SSSR count). The maximum Gasteiger partial charge on any atom is 0.274 e. The summed E-state index contributed by atoms with van der Waals surface area (Å²) in [5.74, 6) is -0.593. The zero-order valence-corrected chi connectivity index (χ0v) is 12.5. The first-order chi connectivity index (χ1) is 10.1. The number of imide groups is 1. The van der Waals surface area contributed by atoms with Gasteiger partial charge in [0.1, 0.15) is 5.69 Å². The summed E-state index contributed by atoms with van der Waals surface area (Å²) in [5.41, 5.74) is 6.12. The molecule has 0 radical (unpaired) electrons. The van der Waals surface area contributed by atoms with Gasteiger partial charge in [-0.15, -0.1) is 0 Å². The summed E-state index contributed by atoms with van der Waals surface area (Å²) in [5, 5.41) is 2.46. The molecule has 1 aromatic heterocycles. The van der Waals surface area contributed by atoms with Crippen LogP contribution in [0.1, 0.15) is 36.2 Å². The molecular formula is C15H24N4O2. The van der Waals surface area contributed by atoms with Gasteiger partial charge in [-0.1, -0.05) is 6.42 Å². The lowest BCUT2D eigenvalue weighted by Crippen LogP contribution is -2.47. The highest BCUT2D eigenvalue weighted by atomic mass is 16.2. The number of nitrogens with two attached hydrogens (primary N) is 1. The van der Waals surface area contributed by atoms with Gasteiger partial charge in [-0.2, -0.15) is 0 Å². The van der Waals surface area contributed by atoms with Crippen LogP contribution in [0.25, 0.3) is 0 Å². The van der Waals surface area contributed by atoms with Crippen molar-refractivity contribution in [2.75, 3.05) is 19.6 Å². The molecule has 1 aliphatic heterocycles. The highest BCUT2D eigenvalue weighted by Gasteiger charge is 2.24. The molecule has 2 amide bonds. The van der Waals surface area contributed by atoms with Crippen LogP contribution in [-0.4, -0.2) is 47.0 Å². The van der Waals surface area contributed by atoms with Crippen LogP contribution in [0.15, 0.2) is 18.3 Å². The van der Waals surface area contributed by atoms with Gasteiger partial charge in [0, 0.05) is 19.3 Å². The van der Waals surface area contributed by atoms with Crippen LogP contribution in [0.5, 0.6) is 0 Å². The predicted molar refractivity (Wildman–Crippen MR) is 80.8 cm³/mol. The average Bonchev–Trinajstić information content (AvgIpc) is 2.87. The Labute approximate surface area is 125 Å². The van der Waals surface area contributed by atoms with Gasteiger partial charge in [-0.3, -0.25) is 19.8 Å². The summed E-state index contributed by atoms with van der Waals surface area (Å²) < 4.78 is 1.70. The molecule has 6 nitrogen and oxygen atoms in total. The highest BCUT2D eigenvalue weighted by molar-refractivity contribution is 6.04. The molecule has 0 saturated carbocycles. The van der Waals surface area contributed by atoms with E-state index >= 15 is 0 Å². The average molecular weight is 292 g/mol. The van der Waals surface area contributed by atoms with Gasteiger partial charge in [0.05, 0.1) is 6.54 Å². The van der Waals surface area contributed by atoms with E-state index in [1.807, 2.05) is 0 Å². The molecule has 0 bridgehead atoms. The second-order valence-electron chi connectivity index (χ2n) is 5.58. The number of carbonyl (C=O) groups is 2. The van der Waals surface area contributed by atoms with Crippen molar-refractivity contribution in [1.29, 1.82) is 0 Å². The van der Waals surface area contributed by atoms with Crippen molar-refractivity contribution in [1.82, 2.24) is 14.8 Å². The highest BCUT2D eigenvalue weighted by Crippen LogP contribution is 2.18. The third-order valence-corrected chi connectivity index (χ3v) is 4.03. The number of piperidine rings is 1. The summed E-state index contributed by atoms with van der Waals surface area (Å²) in [6, 6.07) is 3.84. The van der Waals surface area contributed by atoms with Crippen LogP contribution in [-0.2, 0) is 11.8 Å². The van der Waals surface area contributed by atoms with Gasteiger partial charge in [-0.25, -0.2) is 0 Å². The van der Waals surface area contributed by atoms with Gasteiger partial charge in [0.25, 0.3) is 5.91 Å². The quantitative estimate of drug-likeness (QED) is 0.827. The molecule has 0 spiro atoms. The second-order valence-corrected chi connectivity index (χ2v) is 5.58. The maximum absolute atomic E-state index is 12.1. The van der Waals surface area contributed by atoms with Crippen molar-refractivity contribution >= 4 is 11.8 Å². The number of hydrogen-bond acceptors (Lipinski definition) is 4. The van der Waals surface area contributed by atoms with Crippen LogP contribution in [0, 0.1) is 0 Å². The smallest absolute Gasteiger partial charge is 0.274 e. The van der Waals surface area contributed by atoms with Crippen molar-refractivity contribution in [3.63, 3.8) is 0 Å². The molecule has 1 saturated heterocycles. The van der Waals surface area contributed by atoms with Crippen molar-refractivity contribution in [3.8, 4) is 0 Å². The van der Waals surface area contributed by atoms with E-state index in [1.165, 1.54) is 6.42 Å².